The number of hydrogen-bond acceptors (Lipinski definition) is 2. The van der Waals surface area contributed by atoms with Gasteiger partial charge in [-0.15, -0.1) is 0 Å². The monoisotopic (exact) mass is 292 g/mol. The fraction of sp³-hybridized carbons (Fsp3) is 0.947. The van der Waals surface area contributed by atoms with Crippen molar-refractivity contribution >= 4 is 5.97 Å². The highest BCUT2D eigenvalue weighted by Crippen LogP contribution is 2.53. The number of carbonyl (C=O) groups is 1. The van der Waals surface area contributed by atoms with E-state index in [0.717, 1.165) is 42.4 Å². The van der Waals surface area contributed by atoms with E-state index in [-0.39, 0.29) is 12.1 Å². The van der Waals surface area contributed by atoms with Crippen LogP contribution in [-0.2, 0) is 9.53 Å². The lowest BCUT2D eigenvalue weighted by Gasteiger charge is -2.50. The quantitative estimate of drug-likeness (QED) is 0.687. The second kappa shape index (κ2) is 6.71. The molecule has 0 heterocycles. The number of carbonyl (C=O) groups excluding carboxylic acids is 1. The minimum Gasteiger partial charge on any atom is -0.463 e. The smallest absolute Gasteiger partial charge is 0.302 e. The molecule has 0 saturated heterocycles. The molecule has 3 fully saturated rings. The number of fused-ring (bicyclic) bond motifs is 3. The minimum absolute atomic E-state index is 0.0905. The Labute approximate surface area is 130 Å². The van der Waals surface area contributed by atoms with Crippen molar-refractivity contribution in [2.24, 2.45) is 29.6 Å². The van der Waals surface area contributed by atoms with Crippen LogP contribution in [0.4, 0.5) is 0 Å². The van der Waals surface area contributed by atoms with Crippen molar-refractivity contribution in [1.82, 2.24) is 0 Å². The van der Waals surface area contributed by atoms with Gasteiger partial charge < -0.3 is 4.74 Å². The van der Waals surface area contributed by atoms with E-state index in [1.807, 2.05) is 0 Å². The lowest BCUT2D eigenvalue weighted by Crippen LogP contribution is -2.43. The molecule has 0 aromatic carbocycles. The summed E-state index contributed by atoms with van der Waals surface area (Å²) in [5.74, 6) is 4.72. The Hall–Kier alpha value is -0.530. The molecule has 2 heteroatoms. The first kappa shape index (κ1) is 15.4. The highest BCUT2D eigenvalue weighted by Gasteiger charge is 2.44. The Bertz CT molecular complexity index is 365. The van der Waals surface area contributed by atoms with Gasteiger partial charge in [-0.3, -0.25) is 4.79 Å². The van der Waals surface area contributed by atoms with Crippen molar-refractivity contribution < 1.29 is 9.53 Å². The van der Waals surface area contributed by atoms with Crippen LogP contribution >= 0.6 is 0 Å². The average molecular weight is 292 g/mol. The molecule has 0 N–H and O–H groups in total. The molecule has 0 aliphatic heterocycles. The van der Waals surface area contributed by atoms with E-state index in [4.69, 9.17) is 4.74 Å². The molecule has 0 amide bonds. The van der Waals surface area contributed by atoms with Crippen LogP contribution in [0.25, 0.3) is 0 Å². The van der Waals surface area contributed by atoms with Crippen LogP contribution in [0.15, 0.2) is 0 Å². The molecule has 120 valence electrons. The second-order valence-corrected chi connectivity index (χ2v) is 7.94. The predicted molar refractivity (Wildman–Crippen MR) is 84.8 cm³/mol. The number of rotatable bonds is 3. The molecule has 3 saturated carbocycles. The largest absolute Gasteiger partial charge is 0.463 e. The fourth-order valence-corrected chi connectivity index (χ4v) is 5.86. The molecule has 0 aromatic heterocycles. The van der Waals surface area contributed by atoms with E-state index in [9.17, 15) is 4.79 Å². The van der Waals surface area contributed by atoms with Crippen molar-refractivity contribution in [3.63, 3.8) is 0 Å². The molecule has 0 bridgehead atoms. The summed E-state index contributed by atoms with van der Waals surface area (Å²) in [5.41, 5.74) is 0. The Morgan fingerprint density at radius 2 is 1.62 bits per heavy atom. The maximum atomic E-state index is 11.2. The average Bonchev–Trinajstić information content (AvgIpc) is 2.46. The summed E-state index contributed by atoms with van der Waals surface area (Å²) in [4.78, 5) is 11.2. The maximum absolute atomic E-state index is 11.2. The zero-order chi connectivity index (χ0) is 14.8. The third-order valence-electron chi connectivity index (χ3n) is 6.63. The van der Waals surface area contributed by atoms with Gasteiger partial charge >= 0.3 is 5.97 Å². The highest BCUT2D eigenvalue weighted by molar-refractivity contribution is 5.66. The van der Waals surface area contributed by atoms with Gasteiger partial charge in [0.2, 0.25) is 0 Å². The summed E-state index contributed by atoms with van der Waals surface area (Å²) >= 11 is 0. The van der Waals surface area contributed by atoms with Gasteiger partial charge in [-0.25, -0.2) is 0 Å². The van der Waals surface area contributed by atoms with Gasteiger partial charge in [0.05, 0.1) is 0 Å². The van der Waals surface area contributed by atoms with Crippen molar-refractivity contribution in [1.29, 1.82) is 0 Å². The molecule has 3 aliphatic carbocycles. The van der Waals surface area contributed by atoms with Gasteiger partial charge in [-0.1, -0.05) is 26.2 Å². The summed E-state index contributed by atoms with van der Waals surface area (Å²) in [6.45, 7) is 3.89. The molecule has 2 nitrogen and oxygen atoms in total. The topological polar surface area (TPSA) is 26.3 Å². The van der Waals surface area contributed by atoms with Crippen LogP contribution < -0.4 is 0 Å². The minimum atomic E-state index is -0.0905. The van der Waals surface area contributed by atoms with Crippen molar-refractivity contribution in [3.8, 4) is 0 Å². The Morgan fingerprint density at radius 1 is 0.952 bits per heavy atom. The van der Waals surface area contributed by atoms with Crippen LogP contribution in [0, 0.1) is 29.6 Å². The lowest BCUT2D eigenvalue weighted by molar-refractivity contribution is -0.151. The molecule has 3 aliphatic rings. The number of ether oxygens (including phenoxy) is 1. The maximum Gasteiger partial charge on any atom is 0.302 e. The Kier molecular flexibility index (Phi) is 4.91. The van der Waals surface area contributed by atoms with Gasteiger partial charge in [-0.05, 0) is 74.5 Å². The number of esters is 1. The first-order valence-corrected chi connectivity index (χ1v) is 9.34. The van der Waals surface area contributed by atoms with Gasteiger partial charge in [0, 0.05) is 6.92 Å². The van der Waals surface area contributed by atoms with E-state index >= 15 is 0 Å². The SMILES string of the molecule is CCCC1CCC2C(CCC3CC(OC(C)=O)CCC32)C1. The van der Waals surface area contributed by atoms with Crippen molar-refractivity contribution in [2.75, 3.05) is 0 Å². The number of hydrogen-bond donors (Lipinski definition) is 0. The Balaban J connectivity index is 1.57. The lowest BCUT2D eigenvalue weighted by atomic mass is 9.56. The van der Waals surface area contributed by atoms with E-state index in [1.54, 1.807) is 6.92 Å². The Morgan fingerprint density at radius 3 is 2.29 bits per heavy atom. The third-order valence-corrected chi connectivity index (χ3v) is 6.63. The molecule has 0 aromatic rings. The standard InChI is InChI=1S/C19H32O2/c1-3-4-14-5-9-18-15(11-14)6-7-16-12-17(21-13(2)20)8-10-19(16)18/h14-19H,3-12H2,1-2H3. The molecular formula is C19H32O2. The van der Waals surface area contributed by atoms with Gasteiger partial charge in [0.15, 0.2) is 0 Å². The van der Waals surface area contributed by atoms with Crippen molar-refractivity contribution in [3.05, 3.63) is 0 Å². The first-order valence-electron chi connectivity index (χ1n) is 9.34. The van der Waals surface area contributed by atoms with E-state index in [2.05, 4.69) is 6.92 Å². The predicted octanol–water partition coefficient (Wildman–Crippen LogP) is 4.96. The molecule has 6 atom stereocenters. The molecule has 6 unspecified atom stereocenters. The van der Waals surface area contributed by atoms with Crippen LogP contribution in [0.2, 0.25) is 0 Å². The van der Waals surface area contributed by atoms with E-state index < -0.39 is 0 Å². The summed E-state index contributed by atoms with van der Waals surface area (Å²) in [6, 6.07) is 0. The molecular weight excluding hydrogens is 260 g/mol. The molecule has 0 radical (unpaired) electrons. The zero-order valence-corrected chi connectivity index (χ0v) is 13.9. The first-order chi connectivity index (χ1) is 10.2. The summed E-state index contributed by atoms with van der Waals surface area (Å²) in [6.07, 6.45) is 13.9. The zero-order valence-electron chi connectivity index (χ0n) is 13.9. The molecule has 3 rings (SSSR count). The normalized spacial score (nSPS) is 42.8. The summed E-state index contributed by atoms with van der Waals surface area (Å²) < 4.78 is 5.49. The van der Waals surface area contributed by atoms with Crippen LogP contribution in [0.3, 0.4) is 0 Å². The van der Waals surface area contributed by atoms with E-state index in [1.165, 1.54) is 51.4 Å². The highest BCUT2D eigenvalue weighted by atomic mass is 16.5. The van der Waals surface area contributed by atoms with Gasteiger partial charge in [-0.2, -0.15) is 0 Å². The van der Waals surface area contributed by atoms with Crippen LogP contribution in [-0.4, -0.2) is 12.1 Å². The van der Waals surface area contributed by atoms with Gasteiger partial charge in [0.1, 0.15) is 6.10 Å². The third kappa shape index (κ3) is 3.46. The van der Waals surface area contributed by atoms with Gasteiger partial charge in [0.25, 0.3) is 0 Å². The fourth-order valence-electron chi connectivity index (χ4n) is 5.86. The summed E-state index contributed by atoms with van der Waals surface area (Å²) in [5, 5.41) is 0. The second-order valence-electron chi connectivity index (χ2n) is 7.94. The van der Waals surface area contributed by atoms with Crippen LogP contribution in [0.5, 0.6) is 0 Å². The molecule has 0 spiro atoms. The summed E-state index contributed by atoms with van der Waals surface area (Å²) in [7, 11) is 0. The van der Waals surface area contributed by atoms with E-state index in [0.29, 0.717) is 0 Å². The van der Waals surface area contributed by atoms with Crippen LogP contribution in [0.1, 0.15) is 78.1 Å². The molecule has 21 heavy (non-hydrogen) atoms. The van der Waals surface area contributed by atoms with Crippen molar-refractivity contribution in [2.45, 2.75) is 84.2 Å².